The van der Waals surface area contributed by atoms with Crippen LogP contribution >= 0.6 is 0 Å². The first-order valence-corrected chi connectivity index (χ1v) is 8.76. The summed E-state index contributed by atoms with van der Waals surface area (Å²) < 4.78 is 16.6. The summed E-state index contributed by atoms with van der Waals surface area (Å²) in [4.78, 5) is 12.4. The van der Waals surface area contributed by atoms with Gasteiger partial charge in [-0.2, -0.15) is 0 Å². The Kier molecular flexibility index (Phi) is 3.94. The molecule has 5 nitrogen and oxygen atoms in total. The van der Waals surface area contributed by atoms with E-state index in [-0.39, 0.29) is 23.2 Å². The summed E-state index contributed by atoms with van der Waals surface area (Å²) in [7, 11) is 0. The van der Waals surface area contributed by atoms with Crippen molar-refractivity contribution in [3.8, 4) is 11.5 Å². The number of furan rings is 1. The molecule has 2 atom stereocenters. The molecule has 2 aromatic rings. The molecular formula is C20H23NO4. The van der Waals surface area contributed by atoms with Gasteiger partial charge in [-0.3, -0.25) is 4.79 Å². The molecule has 0 spiro atoms. The van der Waals surface area contributed by atoms with Crippen molar-refractivity contribution in [1.82, 2.24) is 5.32 Å². The van der Waals surface area contributed by atoms with Crippen LogP contribution in [-0.4, -0.2) is 25.7 Å². The van der Waals surface area contributed by atoms with Crippen LogP contribution in [0, 0.1) is 5.92 Å². The minimum absolute atomic E-state index is 0.0298. The topological polar surface area (TPSA) is 60.7 Å². The number of ether oxygens (including phenoxy) is 2. The average molecular weight is 341 g/mol. The largest absolute Gasteiger partial charge is 0.486 e. The van der Waals surface area contributed by atoms with Crippen molar-refractivity contribution in [3.63, 3.8) is 0 Å². The van der Waals surface area contributed by atoms with Crippen LogP contribution < -0.4 is 14.8 Å². The molecule has 5 heteroatoms. The second-order valence-corrected chi connectivity index (χ2v) is 7.42. The summed E-state index contributed by atoms with van der Waals surface area (Å²) in [6.45, 7) is 5.98. The molecule has 1 aliphatic heterocycles. The molecule has 1 aliphatic carbocycles. The Morgan fingerprint density at radius 1 is 1.20 bits per heavy atom. The zero-order chi connectivity index (χ0) is 17.4. The molecule has 132 valence electrons. The van der Waals surface area contributed by atoms with Gasteiger partial charge in [0.15, 0.2) is 11.5 Å². The van der Waals surface area contributed by atoms with Gasteiger partial charge < -0.3 is 19.2 Å². The Morgan fingerprint density at radius 2 is 2.00 bits per heavy atom. The van der Waals surface area contributed by atoms with Gasteiger partial charge in [0.05, 0.1) is 6.26 Å². The maximum absolute atomic E-state index is 12.4. The maximum Gasteiger partial charge on any atom is 0.223 e. The molecule has 0 bridgehead atoms. The molecule has 1 fully saturated rings. The SMILES string of the molecule is CC(C)(CNC(=O)C1CC1c1ccco1)c1ccc2c(c1)OCCO2. The number of fused-ring (bicyclic) bond motifs is 1. The number of rotatable bonds is 5. The van der Waals surface area contributed by atoms with E-state index in [4.69, 9.17) is 13.9 Å². The van der Waals surface area contributed by atoms with Gasteiger partial charge in [0.25, 0.3) is 0 Å². The Labute approximate surface area is 147 Å². The molecule has 4 rings (SSSR count). The van der Waals surface area contributed by atoms with E-state index >= 15 is 0 Å². The molecule has 25 heavy (non-hydrogen) atoms. The minimum atomic E-state index is -0.194. The molecule has 2 aliphatic rings. The smallest absolute Gasteiger partial charge is 0.223 e. The number of nitrogens with one attached hydrogen (secondary N) is 1. The lowest BCUT2D eigenvalue weighted by Gasteiger charge is -2.28. The fourth-order valence-corrected chi connectivity index (χ4v) is 3.31. The van der Waals surface area contributed by atoms with E-state index in [1.807, 2.05) is 30.3 Å². The fraction of sp³-hybridized carbons (Fsp3) is 0.450. The first kappa shape index (κ1) is 16.1. The van der Waals surface area contributed by atoms with Crippen LogP contribution in [0.3, 0.4) is 0 Å². The minimum Gasteiger partial charge on any atom is -0.486 e. The van der Waals surface area contributed by atoms with E-state index in [0.29, 0.717) is 19.8 Å². The molecule has 1 amide bonds. The molecule has 1 N–H and O–H groups in total. The van der Waals surface area contributed by atoms with E-state index in [1.54, 1.807) is 6.26 Å². The van der Waals surface area contributed by atoms with E-state index in [1.165, 1.54) is 0 Å². The fourth-order valence-electron chi connectivity index (χ4n) is 3.31. The van der Waals surface area contributed by atoms with Gasteiger partial charge in [-0.25, -0.2) is 0 Å². The third kappa shape index (κ3) is 3.23. The van der Waals surface area contributed by atoms with E-state index in [0.717, 1.165) is 29.2 Å². The predicted octanol–water partition coefficient (Wildman–Crippen LogP) is 3.25. The summed E-state index contributed by atoms with van der Waals surface area (Å²) >= 11 is 0. The van der Waals surface area contributed by atoms with E-state index in [9.17, 15) is 4.79 Å². The number of amides is 1. The molecule has 0 saturated heterocycles. The van der Waals surface area contributed by atoms with E-state index < -0.39 is 0 Å². The van der Waals surface area contributed by atoms with Crippen molar-refractivity contribution in [2.75, 3.05) is 19.8 Å². The summed E-state index contributed by atoms with van der Waals surface area (Å²) in [5.41, 5.74) is 0.927. The standard InChI is InChI=1S/C20H23NO4/c1-20(2,13-5-6-17-18(10-13)25-9-8-24-17)12-21-19(22)15-11-14(15)16-4-3-7-23-16/h3-7,10,14-15H,8-9,11-12H2,1-2H3,(H,21,22). The second-order valence-electron chi connectivity index (χ2n) is 7.42. The second kappa shape index (κ2) is 6.14. The summed E-state index contributed by atoms with van der Waals surface area (Å²) in [6.07, 6.45) is 2.53. The van der Waals surface area contributed by atoms with Crippen LogP contribution in [0.4, 0.5) is 0 Å². The van der Waals surface area contributed by atoms with Gasteiger partial charge in [0.1, 0.15) is 19.0 Å². The van der Waals surface area contributed by atoms with Crippen molar-refractivity contribution in [2.24, 2.45) is 5.92 Å². The van der Waals surface area contributed by atoms with Crippen molar-refractivity contribution >= 4 is 5.91 Å². The van der Waals surface area contributed by atoms with Gasteiger partial charge in [-0.15, -0.1) is 0 Å². The highest BCUT2D eigenvalue weighted by molar-refractivity contribution is 5.82. The quantitative estimate of drug-likeness (QED) is 0.907. The highest BCUT2D eigenvalue weighted by atomic mass is 16.6. The predicted molar refractivity (Wildman–Crippen MR) is 93.0 cm³/mol. The van der Waals surface area contributed by atoms with Crippen LogP contribution in [0.1, 0.15) is 37.5 Å². The number of hydrogen-bond donors (Lipinski definition) is 1. The maximum atomic E-state index is 12.4. The molecule has 2 heterocycles. The van der Waals surface area contributed by atoms with Gasteiger partial charge in [-0.1, -0.05) is 19.9 Å². The molecule has 1 saturated carbocycles. The van der Waals surface area contributed by atoms with Crippen LogP contribution in [0.25, 0.3) is 0 Å². The van der Waals surface area contributed by atoms with Gasteiger partial charge in [0.2, 0.25) is 5.91 Å². The van der Waals surface area contributed by atoms with Crippen LogP contribution in [0.15, 0.2) is 41.0 Å². The summed E-state index contributed by atoms with van der Waals surface area (Å²) in [5, 5.41) is 3.10. The van der Waals surface area contributed by atoms with Crippen molar-refractivity contribution in [3.05, 3.63) is 47.9 Å². The summed E-state index contributed by atoms with van der Waals surface area (Å²) in [5.74, 6) is 2.84. The monoisotopic (exact) mass is 341 g/mol. The average Bonchev–Trinajstić information content (AvgIpc) is 3.24. The first-order valence-electron chi connectivity index (χ1n) is 8.76. The Morgan fingerprint density at radius 3 is 2.76 bits per heavy atom. The first-order chi connectivity index (χ1) is 12.0. The molecular weight excluding hydrogens is 318 g/mol. The van der Waals surface area contributed by atoms with Gasteiger partial charge in [0, 0.05) is 23.8 Å². The van der Waals surface area contributed by atoms with Crippen LogP contribution in [-0.2, 0) is 10.2 Å². The molecule has 1 aromatic heterocycles. The van der Waals surface area contributed by atoms with Gasteiger partial charge in [-0.05, 0) is 36.2 Å². The van der Waals surface area contributed by atoms with E-state index in [2.05, 4.69) is 19.2 Å². The zero-order valence-electron chi connectivity index (χ0n) is 14.6. The normalized spacial score (nSPS) is 21.7. The number of carbonyl (C=O) groups excluding carboxylic acids is 1. The summed E-state index contributed by atoms with van der Waals surface area (Å²) in [6, 6.07) is 9.82. The number of benzene rings is 1. The lowest BCUT2D eigenvalue weighted by atomic mass is 9.84. The highest BCUT2D eigenvalue weighted by Gasteiger charge is 2.46. The molecule has 0 radical (unpaired) electrons. The van der Waals surface area contributed by atoms with Crippen LogP contribution in [0.2, 0.25) is 0 Å². The number of hydrogen-bond acceptors (Lipinski definition) is 4. The molecule has 2 unspecified atom stereocenters. The Balaban J connectivity index is 1.38. The third-order valence-electron chi connectivity index (χ3n) is 5.06. The Bertz CT molecular complexity index is 766. The van der Waals surface area contributed by atoms with Gasteiger partial charge >= 0.3 is 0 Å². The van der Waals surface area contributed by atoms with Crippen molar-refractivity contribution in [2.45, 2.75) is 31.6 Å². The van der Waals surface area contributed by atoms with Crippen molar-refractivity contribution in [1.29, 1.82) is 0 Å². The third-order valence-corrected chi connectivity index (χ3v) is 5.06. The van der Waals surface area contributed by atoms with Crippen LogP contribution in [0.5, 0.6) is 11.5 Å². The Hall–Kier alpha value is -2.43. The molecule has 1 aromatic carbocycles. The zero-order valence-corrected chi connectivity index (χ0v) is 14.6. The lowest BCUT2D eigenvalue weighted by Crippen LogP contribution is -2.37. The number of carbonyl (C=O) groups is 1. The van der Waals surface area contributed by atoms with Crippen molar-refractivity contribution < 1.29 is 18.7 Å². The lowest BCUT2D eigenvalue weighted by molar-refractivity contribution is -0.122. The highest BCUT2D eigenvalue weighted by Crippen LogP contribution is 2.47.